The Labute approximate surface area is 277 Å². The molecule has 0 aromatic heterocycles. The van der Waals surface area contributed by atoms with E-state index in [0.29, 0.717) is 22.8 Å². The number of hydrogen-bond acceptors (Lipinski definition) is 5. The van der Waals surface area contributed by atoms with E-state index in [1.165, 1.54) is 17.0 Å². The highest BCUT2D eigenvalue weighted by atomic mass is 35.5. The number of anilines is 1. The fraction of sp³-hybridized carbons (Fsp3) is 0.278. The molecule has 0 aliphatic carbocycles. The van der Waals surface area contributed by atoms with Crippen LogP contribution in [0.4, 0.5) is 5.69 Å². The molecule has 0 aliphatic rings. The number of carbonyl (C=O) groups is 2. The third kappa shape index (κ3) is 8.68. The molecule has 0 heterocycles. The lowest BCUT2D eigenvalue weighted by Gasteiger charge is -2.34. The second-order valence-corrected chi connectivity index (χ2v) is 13.1. The van der Waals surface area contributed by atoms with Crippen molar-refractivity contribution in [2.45, 2.75) is 57.1 Å². The van der Waals surface area contributed by atoms with Gasteiger partial charge in [-0.25, -0.2) is 8.42 Å². The third-order valence-electron chi connectivity index (χ3n) is 7.61. The van der Waals surface area contributed by atoms with Crippen LogP contribution in [0, 0.1) is 0 Å². The highest BCUT2D eigenvalue weighted by molar-refractivity contribution is 7.92. The van der Waals surface area contributed by atoms with Crippen LogP contribution in [0.5, 0.6) is 5.75 Å². The molecule has 2 amide bonds. The van der Waals surface area contributed by atoms with Gasteiger partial charge in [0, 0.05) is 24.0 Å². The molecule has 2 atom stereocenters. The van der Waals surface area contributed by atoms with Crippen molar-refractivity contribution in [1.29, 1.82) is 0 Å². The number of para-hydroxylation sites is 2. The summed E-state index contributed by atoms with van der Waals surface area (Å²) in [5.41, 5.74) is 1.68. The number of carbonyl (C=O) groups excluding carboxylic acids is 2. The maximum Gasteiger partial charge on any atom is 0.264 e. The van der Waals surface area contributed by atoms with Crippen molar-refractivity contribution in [3.63, 3.8) is 0 Å². The molecule has 1 N–H and O–H groups in total. The van der Waals surface area contributed by atoms with Gasteiger partial charge in [-0.3, -0.25) is 13.9 Å². The maximum absolute atomic E-state index is 14.6. The van der Waals surface area contributed by atoms with Crippen molar-refractivity contribution in [3.8, 4) is 5.75 Å². The fourth-order valence-corrected chi connectivity index (χ4v) is 6.62. The molecule has 4 aromatic carbocycles. The topological polar surface area (TPSA) is 96.0 Å². The number of nitrogens with zero attached hydrogens (tertiary/aromatic N) is 2. The van der Waals surface area contributed by atoms with E-state index >= 15 is 0 Å². The van der Waals surface area contributed by atoms with Gasteiger partial charge in [-0.2, -0.15) is 0 Å². The Morgan fingerprint density at radius 1 is 0.848 bits per heavy atom. The van der Waals surface area contributed by atoms with Crippen LogP contribution in [0.25, 0.3) is 0 Å². The maximum atomic E-state index is 14.6. The second kappa shape index (κ2) is 16.3. The first-order chi connectivity index (χ1) is 22.1. The Morgan fingerprint density at radius 2 is 1.46 bits per heavy atom. The van der Waals surface area contributed by atoms with Gasteiger partial charge in [0.05, 0.1) is 17.2 Å². The van der Waals surface area contributed by atoms with Crippen LogP contribution in [-0.4, -0.2) is 50.4 Å². The zero-order chi connectivity index (χ0) is 33.1. The van der Waals surface area contributed by atoms with Crippen LogP contribution < -0.4 is 14.4 Å². The number of rotatable bonds is 15. The quantitative estimate of drug-likeness (QED) is 0.157. The SMILES string of the molecule is CCOc1ccccc1N(CC(=O)N(Cc1ccccc1Cl)[C@@H](Cc1ccccc1)C(=O)N[C@H](C)CC)S(=O)(=O)c1ccccc1. The number of ether oxygens (including phenoxy) is 1. The van der Waals surface area contributed by atoms with E-state index in [2.05, 4.69) is 5.32 Å². The van der Waals surface area contributed by atoms with Crippen LogP contribution in [-0.2, 0) is 32.6 Å². The first-order valence-corrected chi connectivity index (χ1v) is 17.1. The van der Waals surface area contributed by atoms with Gasteiger partial charge in [-0.15, -0.1) is 0 Å². The molecule has 4 aromatic rings. The van der Waals surface area contributed by atoms with Crippen LogP contribution >= 0.6 is 11.6 Å². The van der Waals surface area contributed by atoms with Crippen molar-refractivity contribution in [3.05, 3.63) is 125 Å². The van der Waals surface area contributed by atoms with E-state index in [1.54, 1.807) is 73.7 Å². The van der Waals surface area contributed by atoms with Gasteiger partial charge in [-0.1, -0.05) is 97.4 Å². The monoisotopic (exact) mass is 661 g/mol. The Bertz CT molecular complexity index is 1700. The highest BCUT2D eigenvalue weighted by Gasteiger charge is 2.36. The van der Waals surface area contributed by atoms with E-state index in [9.17, 15) is 18.0 Å². The van der Waals surface area contributed by atoms with Crippen molar-refractivity contribution in [2.24, 2.45) is 0 Å². The predicted molar refractivity (Wildman–Crippen MR) is 182 cm³/mol. The number of benzene rings is 4. The molecule has 0 saturated heterocycles. The van der Waals surface area contributed by atoms with Crippen LogP contribution in [0.15, 0.2) is 114 Å². The Morgan fingerprint density at radius 3 is 2.11 bits per heavy atom. The van der Waals surface area contributed by atoms with Crippen LogP contribution in [0.1, 0.15) is 38.3 Å². The normalized spacial score (nSPS) is 12.5. The highest BCUT2D eigenvalue weighted by Crippen LogP contribution is 2.33. The van der Waals surface area contributed by atoms with Crippen molar-refractivity contribution in [1.82, 2.24) is 10.2 Å². The average molecular weight is 662 g/mol. The van der Waals surface area contributed by atoms with Gasteiger partial charge in [0.1, 0.15) is 18.3 Å². The Kier molecular flexibility index (Phi) is 12.2. The Hall–Kier alpha value is -4.34. The lowest BCUT2D eigenvalue weighted by Crippen LogP contribution is -2.54. The molecule has 0 bridgehead atoms. The summed E-state index contributed by atoms with van der Waals surface area (Å²) in [6, 6.07) is 30.0. The number of hydrogen-bond donors (Lipinski definition) is 1. The molecule has 242 valence electrons. The zero-order valence-electron chi connectivity index (χ0n) is 26.3. The van der Waals surface area contributed by atoms with Crippen molar-refractivity contribution in [2.75, 3.05) is 17.5 Å². The largest absolute Gasteiger partial charge is 0.492 e. The van der Waals surface area contributed by atoms with Gasteiger partial charge < -0.3 is 15.0 Å². The van der Waals surface area contributed by atoms with Crippen LogP contribution in [0.2, 0.25) is 5.02 Å². The number of nitrogens with one attached hydrogen (secondary N) is 1. The minimum atomic E-state index is -4.25. The predicted octanol–water partition coefficient (Wildman–Crippen LogP) is 6.49. The summed E-state index contributed by atoms with van der Waals surface area (Å²) >= 11 is 6.57. The minimum absolute atomic E-state index is 0.0158. The van der Waals surface area contributed by atoms with Gasteiger partial charge in [0.25, 0.3) is 10.0 Å². The Balaban J connectivity index is 1.84. The molecule has 0 spiro atoms. The molecular formula is C36H40ClN3O5S. The third-order valence-corrected chi connectivity index (χ3v) is 9.76. The molecule has 4 rings (SSSR count). The summed E-state index contributed by atoms with van der Waals surface area (Å²) in [6.07, 6.45) is 0.903. The molecule has 0 fully saturated rings. The van der Waals surface area contributed by atoms with Gasteiger partial charge in [0.15, 0.2) is 0 Å². The molecule has 0 aliphatic heterocycles. The number of halogens is 1. The molecule has 46 heavy (non-hydrogen) atoms. The average Bonchev–Trinajstić information content (AvgIpc) is 3.07. The van der Waals surface area contributed by atoms with E-state index < -0.39 is 28.5 Å². The number of amides is 2. The van der Waals surface area contributed by atoms with Crippen LogP contribution in [0.3, 0.4) is 0 Å². The molecule has 10 heteroatoms. The molecular weight excluding hydrogens is 622 g/mol. The molecule has 0 unspecified atom stereocenters. The van der Waals surface area contributed by atoms with E-state index in [-0.39, 0.29) is 42.1 Å². The minimum Gasteiger partial charge on any atom is -0.492 e. The molecule has 0 radical (unpaired) electrons. The summed E-state index contributed by atoms with van der Waals surface area (Å²) in [6.45, 7) is 5.34. The molecule has 8 nitrogen and oxygen atoms in total. The summed E-state index contributed by atoms with van der Waals surface area (Å²) in [4.78, 5) is 30.0. The van der Waals surface area contributed by atoms with Gasteiger partial charge >= 0.3 is 0 Å². The summed E-state index contributed by atoms with van der Waals surface area (Å²) in [5.74, 6) is -0.609. The van der Waals surface area contributed by atoms with Gasteiger partial charge in [-0.05, 0) is 61.7 Å². The number of sulfonamides is 1. The van der Waals surface area contributed by atoms with E-state index in [1.807, 2.05) is 44.2 Å². The summed E-state index contributed by atoms with van der Waals surface area (Å²) < 4.78 is 35.3. The fourth-order valence-electron chi connectivity index (χ4n) is 4.98. The zero-order valence-corrected chi connectivity index (χ0v) is 27.9. The summed E-state index contributed by atoms with van der Waals surface area (Å²) in [5, 5.41) is 3.46. The standard InChI is InChI=1S/C36H40ClN3O5S/c1-4-27(3)38-36(42)33(24-28-16-8-6-9-17-28)39(25-29-18-12-13-21-31(29)37)35(41)26-40(32-22-14-15-23-34(32)45-5-2)46(43,44)30-19-10-7-11-20-30/h6-23,27,33H,4-5,24-26H2,1-3H3,(H,38,42)/t27-,33+/m1/s1. The first-order valence-electron chi connectivity index (χ1n) is 15.3. The lowest BCUT2D eigenvalue weighted by atomic mass is 10.0. The van der Waals surface area contributed by atoms with E-state index in [0.717, 1.165) is 9.87 Å². The second-order valence-electron chi connectivity index (χ2n) is 10.9. The van der Waals surface area contributed by atoms with E-state index in [4.69, 9.17) is 16.3 Å². The smallest absolute Gasteiger partial charge is 0.264 e. The first kappa shape index (κ1) is 34.5. The summed E-state index contributed by atoms with van der Waals surface area (Å²) in [7, 11) is -4.25. The lowest BCUT2D eigenvalue weighted by molar-refractivity contribution is -0.140. The van der Waals surface area contributed by atoms with Crippen molar-refractivity contribution >= 4 is 39.1 Å². The molecule has 0 saturated carbocycles. The van der Waals surface area contributed by atoms with Crippen molar-refractivity contribution < 1.29 is 22.7 Å². The van der Waals surface area contributed by atoms with Gasteiger partial charge in [0.2, 0.25) is 11.8 Å².